The Bertz CT molecular complexity index is 302. The van der Waals surface area contributed by atoms with Gasteiger partial charge < -0.3 is 10.5 Å². The Balaban J connectivity index is 2.72. The lowest BCUT2D eigenvalue weighted by molar-refractivity contribution is 0.338. The lowest BCUT2D eigenvalue weighted by Gasteiger charge is -2.13. The fraction of sp³-hybridized carbons (Fsp3) is 0.500. The highest BCUT2D eigenvalue weighted by atomic mass is 32.2. The minimum absolute atomic E-state index is 0.669. The zero-order chi connectivity index (χ0) is 11.1. The second-order valence-electron chi connectivity index (χ2n) is 3.44. The van der Waals surface area contributed by atoms with Gasteiger partial charge in [0, 0.05) is 5.75 Å². The van der Waals surface area contributed by atoms with Crippen LogP contribution < -0.4 is 10.5 Å². The van der Waals surface area contributed by atoms with Gasteiger partial charge in [-0.05, 0) is 37.3 Å². The molecule has 0 bridgehead atoms. The van der Waals surface area contributed by atoms with Gasteiger partial charge in [0.15, 0.2) is 0 Å². The molecule has 1 aromatic rings. The van der Waals surface area contributed by atoms with Crippen LogP contribution >= 0.6 is 11.8 Å². The average molecular weight is 225 g/mol. The van der Waals surface area contributed by atoms with Gasteiger partial charge >= 0.3 is 0 Å². The lowest BCUT2D eigenvalue weighted by atomic mass is 10.1. The fourth-order valence-corrected chi connectivity index (χ4v) is 1.75. The average Bonchev–Trinajstić information content (AvgIpc) is 2.23. The predicted molar refractivity (Wildman–Crippen MR) is 67.8 cm³/mol. The molecule has 1 aromatic carbocycles. The topological polar surface area (TPSA) is 35.2 Å². The van der Waals surface area contributed by atoms with Gasteiger partial charge in [0.2, 0.25) is 0 Å². The molecule has 1 rings (SSSR count). The largest absolute Gasteiger partial charge is 0.492 e. The van der Waals surface area contributed by atoms with Gasteiger partial charge in [-0.15, -0.1) is 0 Å². The molecule has 0 unspecified atom stereocenters. The summed E-state index contributed by atoms with van der Waals surface area (Å²) in [5.74, 6) is 2.05. The van der Waals surface area contributed by atoms with Crippen LogP contribution in [-0.2, 0) is 6.42 Å². The highest BCUT2D eigenvalue weighted by Crippen LogP contribution is 2.23. The third kappa shape index (κ3) is 3.76. The van der Waals surface area contributed by atoms with Crippen LogP contribution in [0.5, 0.6) is 5.75 Å². The third-order valence-corrected chi connectivity index (χ3v) is 2.82. The van der Waals surface area contributed by atoms with Crippen LogP contribution in [0.4, 0.5) is 0 Å². The molecule has 2 N–H and O–H groups in total. The maximum Gasteiger partial charge on any atom is 0.125 e. The number of aryl methyl sites for hydroxylation is 1. The Labute approximate surface area is 96.2 Å². The molecule has 0 aliphatic rings. The Hall–Kier alpha value is -0.670. The highest BCUT2D eigenvalue weighted by molar-refractivity contribution is 7.98. The van der Waals surface area contributed by atoms with Gasteiger partial charge in [-0.3, -0.25) is 0 Å². The van der Waals surface area contributed by atoms with Gasteiger partial charge in [0.1, 0.15) is 5.75 Å². The summed E-state index contributed by atoms with van der Waals surface area (Å²) in [7, 11) is 0. The summed E-state index contributed by atoms with van der Waals surface area (Å²) in [6.07, 6.45) is 2.97. The summed E-state index contributed by atoms with van der Waals surface area (Å²) in [5.41, 5.74) is 7.99. The van der Waals surface area contributed by atoms with Crippen LogP contribution in [0.3, 0.4) is 0 Å². The van der Waals surface area contributed by atoms with E-state index < -0.39 is 0 Å². The molecule has 3 heteroatoms. The quantitative estimate of drug-likeness (QED) is 0.754. The Morgan fingerprint density at radius 2 is 2.20 bits per heavy atom. The van der Waals surface area contributed by atoms with Crippen LogP contribution in [0.15, 0.2) is 18.2 Å². The maximum atomic E-state index is 5.78. The molecule has 15 heavy (non-hydrogen) atoms. The Kier molecular flexibility index (Phi) is 5.58. The van der Waals surface area contributed by atoms with E-state index in [1.807, 2.05) is 0 Å². The van der Waals surface area contributed by atoms with Crippen LogP contribution in [0.2, 0.25) is 0 Å². The molecular formula is C12H19NOS. The van der Waals surface area contributed by atoms with Crippen molar-refractivity contribution in [1.82, 2.24) is 0 Å². The number of nitrogens with two attached hydrogens (primary N) is 1. The predicted octanol–water partition coefficient (Wildman–Crippen LogP) is 2.24. The molecule has 0 radical (unpaired) electrons. The minimum Gasteiger partial charge on any atom is -0.492 e. The summed E-state index contributed by atoms with van der Waals surface area (Å²) in [6, 6.07) is 6.23. The molecular weight excluding hydrogens is 206 g/mol. The lowest BCUT2D eigenvalue weighted by Crippen LogP contribution is -2.08. The van der Waals surface area contributed by atoms with E-state index in [0.29, 0.717) is 6.54 Å². The van der Waals surface area contributed by atoms with E-state index in [9.17, 15) is 0 Å². The molecule has 0 fully saturated rings. The number of para-hydroxylation sites is 1. The normalized spacial score (nSPS) is 10.3. The molecule has 0 spiro atoms. The van der Waals surface area contributed by atoms with E-state index in [-0.39, 0.29) is 0 Å². The van der Waals surface area contributed by atoms with Crippen molar-refractivity contribution >= 4 is 11.8 Å². The smallest absolute Gasteiger partial charge is 0.125 e. The van der Waals surface area contributed by atoms with Crippen LogP contribution in [0.25, 0.3) is 0 Å². The summed E-state index contributed by atoms with van der Waals surface area (Å²) < 4.78 is 5.78. The number of thioether (sulfide) groups is 1. The second kappa shape index (κ2) is 6.75. The summed E-state index contributed by atoms with van der Waals surface area (Å²) in [5, 5.41) is 0. The van der Waals surface area contributed by atoms with Gasteiger partial charge in [-0.25, -0.2) is 0 Å². The van der Waals surface area contributed by atoms with Crippen molar-refractivity contribution in [2.75, 3.05) is 25.2 Å². The molecule has 0 saturated heterocycles. The van der Waals surface area contributed by atoms with Crippen molar-refractivity contribution in [3.8, 4) is 5.75 Å². The summed E-state index contributed by atoms with van der Waals surface area (Å²) in [4.78, 5) is 0. The van der Waals surface area contributed by atoms with Crippen molar-refractivity contribution in [3.63, 3.8) is 0 Å². The molecule has 84 valence electrons. The summed E-state index contributed by atoms with van der Waals surface area (Å²) in [6.45, 7) is 3.51. The van der Waals surface area contributed by atoms with Gasteiger partial charge in [-0.2, -0.15) is 11.8 Å². The maximum absolute atomic E-state index is 5.78. The van der Waals surface area contributed by atoms with E-state index in [0.717, 1.165) is 24.5 Å². The SMILES string of the molecule is CSCCOc1c(C)cccc1CCN. The first-order valence-corrected chi connectivity index (χ1v) is 6.59. The molecule has 2 nitrogen and oxygen atoms in total. The van der Waals surface area contributed by atoms with Crippen LogP contribution in [-0.4, -0.2) is 25.2 Å². The number of rotatable bonds is 6. The minimum atomic E-state index is 0.669. The van der Waals surface area contributed by atoms with Gasteiger partial charge in [0.05, 0.1) is 6.61 Å². The van der Waals surface area contributed by atoms with Crippen molar-refractivity contribution in [3.05, 3.63) is 29.3 Å². The van der Waals surface area contributed by atoms with Crippen molar-refractivity contribution in [2.45, 2.75) is 13.3 Å². The highest BCUT2D eigenvalue weighted by Gasteiger charge is 2.05. The van der Waals surface area contributed by atoms with E-state index >= 15 is 0 Å². The number of benzene rings is 1. The van der Waals surface area contributed by atoms with Crippen LogP contribution in [0.1, 0.15) is 11.1 Å². The second-order valence-corrected chi connectivity index (χ2v) is 4.43. The molecule has 0 atom stereocenters. The zero-order valence-corrected chi connectivity index (χ0v) is 10.3. The van der Waals surface area contributed by atoms with Crippen molar-refractivity contribution in [2.24, 2.45) is 5.73 Å². The molecule has 0 saturated carbocycles. The monoisotopic (exact) mass is 225 g/mol. The van der Waals surface area contributed by atoms with E-state index in [1.54, 1.807) is 11.8 Å². The first-order valence-electron chi connectivity index (χ1n) is 5.20. The fourth-order valence-electron chi connectivity index (χ4n) is 1.50. The van der Waals surface area contributed by atoms with E-state index in [1.165, 1.54) is 11.1 Å². The molecule has 0 amide bonds. The van der Waals surface area contributed by atoms with Crippen molar-refractivity contribution in [1.29, 1.82) is 0 Å². The van der Waals surface area contributed by atoms with Crippen molar-refractivity contribution < 1.29 is 4.74 Å². The Morgan fingerprint density at radius 1 is 1.40 bits per heavy atom. The zero-order valence-electron chi connectivity index (χ0n) is 9.45. The first kappa shape index (κ1) is 12.4. The first-order chi connectivity index (χ1) is 7.29. The molecule has 0 aromatic heterocycles. The number of hydrogen-bond donors (Lipinski definition) is 1. The molecule has 0 heterocycles. The summed E-state index contributed by atoms with van der Waals surface area (Å²) >= 11 is 1.80. The number of hydrogen-bond acceptors (Lipinski definition) is 3. The van der Waals surface area contributed by atoms with Gasteiger partial charge in [0.25, 0.3) is 0 Å². The molecule has 0 aliphatic carbocycles. The van der Waals surface area contributed by atoms with E-state index in [2.05, 4.69) is 31.4 Å². The molecule has 0 aliphatic heterocycles. The Morgan fingerprint density at radius 3 is 2.87 bits per heavy atom. The standard InChI is InChI=1S/C12H19NOS/c1-10-4-3-5-11(6-7-13)12(10)14-8-9-15-2/h3-5H,6-9,13H2,1-2H3. The van der Waals surface area contributed by atoms with E-state index in [4.69, 9.17) is 10.5 Å². The number of ether oxygens (including phenoxy) is 1. The van der Waals surface area contributed by atoms with Gasteiger partial charge in [-0.1, -0.05) is 18.2 Å². The van der Waals surface area contributed by atoms with Crippen LogP contribution in [0, 0.1) is 6.92 Å². The third-order valence-electron chi connectivity index (χ3n) is 2.24.